The number of amides is 1. The van der Waals surface area contributed by atoms with E-state index >= 15 is 0 Å². The Morgan fingerprint density at radius 2 is 1.97 bits per heavy atom. The number of aliphatic hydroxyl groups excluding tert-OH is 1. The maximum atomic E-state index is 13.1. The fourth-order valence-corrected chi connectivity index (χ4v) is 3.93. The summed E-state index contributed by atoms with van der Waals surface area (Å²) in [6, 6.07) is 13.5. The molecular weight excluding hydrogens is 397 g/mol. The zero-order chi connectivity index (χ0) is 21.8. The zero-order valence-corrected chi connectivity index (χ0v) is 17.4. The van der Waals surface area contributed by atoms with Crippen LogP contribution in [0.2, 0.25) is 0 Å². The predicted octanol–water partition coefficient (Wildman–Crippen LogP) is 3.17. The molecule has 0 spiro atoms. The summed E-state index contributed by atoms with van der Waals surface area (Å²) in [6.07, 6.45) is 4.28. The highest BCUT2D eigenvalue weighted by Gasteiger charge is 2.28. The lowest BCUT2D eigenvalue weighted by atomic mass is 9.99. The summed E-state index contributed by atoms with van der Waals surface area (Å²) < 4.78 is 20.5. The van der Waals surface area contributed by atoms with Gasteiger partial charge < -0.3 is 14.7 Å². The third-order valence-electron chi connectivity index (χ3n) is 5.59. The molecule has 6 nitrogen and oxygen atoms in total. The Bertz CT molecular complexity index is 1020. The van der Waals surface area contributed by atoms with Gasteiger partial charge in [-0.2, -0.15) is 5.10 Å². The molecular formula is C24H26FN3O3. The highest BCUT2D eigenvalue weighted by molar-refractivity contribution is 5.94. The van der Waals surface area contributed by atoms with Gasteiger partial charge in [-0.1, -0.05) is 12.1 Å². The van der Waals surface area contributed by atoms with Gasteiger partial charge in [-0.05, 0) is 53.9 Å². The third-order valence-corrected chi connectivity index (χ3v) is 5.59. The lowest BCUT2D eigenvalue weighted by Crippen LogP contribution is -2.28. The number of rotatable bonds is 7. The summed E-state index contributed by atoms with van der Waals surface area (Å²) >= 11 is 0. The van der Waals surface area contributed by atoms with E-state index in [-0.39, 0.29) is 24.2 Å². The quantitative estimate of drug-likeness (QED) is 0.634. The molecule has 7 heteroatoms. The van der Waals surface area contributed by atoms with Gasteiger partial charge in [-0.3, -0.25) is 9.48 Å². The number of nitrogens with zero attached hydrogens (tertiary/aromatic N) is 3. The summed E-state index contributed by atoms with van der Waals surface area (Å²) in [5.74, 6) is 0.565. The van der Waals surface area contributed by atoms with Crippen molar-refractivity contribution in [3.63, 3.8) is 0 Å². The molecule has 0 bridgehead atoms. The molecule has 0 aliphatic carbocycles. The van der Waals surface area contributed by atoms with Gasteiger partial charge in [0.05, 0.1) is 12.3 Å². The number of carbonyl (C=O) groups excluding carboxylic acids is 1. The summed E-state index contributed by atoms with van der Waals surface area (Å²) in [5.41, 5.74) is 2.61. The average Bonchev–Trinajstić information content (AvgIpc) is 3.42. The van der Waals surface area contributed by atoms with Crippen LogP contribution in [-0.4, -0.2) is 51.5 Å². The van der Waals surface area contributed by atoms with Crippen LogP contribution in [0.1, 0.15) is 33.8 Å². The first-order valence-corrected chi connectivity index (χ1v) is 10.4. The molecule has 31 heavy (non-hydrogen) atoms. The topological polar surface area (TPSA) is 67.6 Å². The highest BCUT2D eigenvalue weighted by atomic mass is 19.1. The lowest BCUT2D eigenvalue weighted by Gasteiger charge is -2.17. The van der Waals surface area contributed by atoms with Crippen LogP contribution in [0.5, 0.6) is 5.75 Å². The smallest absolute Gasteiger partial charge is 0.253 e. The number of aryl methyl sites for hydroxylation is 1. The van der Waals surface area contributed by atoms with Crippen LogP contribution >= 0.6 is 0 Å². The molecule has 0 saturated carbocycles. The summed E-state index contributed by atoms with van der Waals surface area (Å²) in [5, 5.41) is 14.2. The molecule has 1 fully saturated rings. The number of likely N-dealkylation sites (tertiary alicyclic amines) is 1. The van der Waals surface area contributed by atoms with Crippen LogP contribution < -0.4 is 4.74 Å². The van der Waals surface area contributed by atoms with E-state index in [0.29, 0.717) is 30.8 Å². The maximum Gasteiger partial charge on any atom is 0.253 e. The van der Waals surface area contributed by atoms with Crippen molar-refractivity contribution in [3.05, 3.63) is 83.4 Å². The van der Waals surface area contributed by atoms with E-state index in [1.807, 2.05) is 18.1 Å². The molecule has 2 aromatic carbocycles. The molecule has 1 amide bonds. The molecule has 1 saturated heterocycles. The Balaban J connectivity index is 1.28. The van der Waals surface area contributed by atoms with Crippen molar-refractivity contribution >= 4 is 5.91 Å². The van der Waals surface area contributed by atoms with Gasteiger partial charge in [-0.15, -0.1) is 0 Å². The molecule has 4 rings (SSSR count). The number of hydrogen-bond donors (Lipinski definition) is 1. The molecule has 2 heterocycles. The van der Waals surface area contributed by atoms with E-state index in [4.69, 9.17) is 4.74 Å². The lowest BCUT2D eigenvalue weighted by molar-refractivity contribution is 0.0790. The number of carbonyl (C=O) groups is 1. The molecule has 2 unspecified atom stereocenters. The van der Waals surface area contributed by atoms with Gasteiger partial charge in [0, 0.05) is 44.2 Å². The van der Waals surface area contributed by atoms with Crippen molar-refractivity contribution < 1.29 is 19.0 Å². The molecule has 162 valence electrons. The average molecular weight is 423 g/mol. The Morgan fingerprint density at radius 3 is 2.65 bits per heavy atom. The van der Waals surface area contributed by atoms with Crippen LogP contribution in [0, 0.1) is 5.82 Å². The first kappa shape index (κ1) is 21.1. The van der Waals surface area contributed by atoms with E-state index < -0.39 is 6.10 Å². The van der Waals surface area contributed by atoms with Gasteiger partial charge in [0.2, 0.25) is 0 Å². The number of benzene rings is 2. The van der Waals surface area contributed by atoms with Crippen molar-refractivity contribution in [2.75, 3.05) is 19.7 Å². The third kappa shape index (κ3) is 5.30. The minimum Gasteiger partial charge on any atom is -0.491 e. The van der Waals surface area contributed by atoms with Gasteiger partial charge in [0.15, 0.2) is 0 Å². The molecule has 1 aromatic heterocycles. The van der Waals surface area contributed by atoms with Crippen LogP contribution in [0.3, 0.4) is 0 Å². The van der Waals surface area contributed by atoms with Crippen LogP contribution in [-0.2, 0) is 13.5 Å². The van der Waals surface area contributed by atoms with Gasteiger partial charge >= 0.3 is 0 Å². The van der Waals surface area contributed by atoms with Crippen molar-refractivity contribution in [2.45, 2.75) is 24.9 Å². The van der Waals surface area contributed by atoms with Crippen LogP contribution in [0.15, 0.2) is 60.9 Å². The normalized spacial score (nSPS) is 17.0. The SMILES string of the molecule is Cn1cc(CC(O)COc2ccc(C(=O)N3CCC(c4ccc(F)cc4)C3)cc2)cn1. The second-order valence-corrected chi connectivity index (χ2v) is 8.00. The predicted molar refractivity (Wildman–Crippen MR) is 115 cm³/mol. The first-order valence-electron chi connectivity index (χ1n) is 10.4. The van der Waals surface area contributed by atoms with E-state index in [2.05, 4.69) is 5.10 Å². The maximum absolute atomic E-state index is 13.1. The van der Waals surface area contributed by atoms with Crippen molar-refractivity contribution in [2.24, 2.45) is 7.05 Å². The van der Waals surface area contributed by atoms with Crippen LogP contribution in [0.4, 0.5) is 4.39 Å². The largest absolute Gasteiger partial charge is 0.491 e. The number of hydrogen-bond acceptors (Lipinski definition) is 4. The summed E-state index contributed by atoms with van der Waals surface area (Å²) in [4.78, 5) is 14.7. The number of halogens is 1. The molecule has 0 radical (unpaired) electrons. The molecule has 1 aliphatic rings. The fraction of sp³-hybridized carbons (Fsp3) is 0.333. The van der Waals surface area contributed by atoms with Gasteiger partial charge in [0.1, 0.15) is 18.2 Å². The molecule has 1 aliphatic heterocycles. The second-order valence-electron chi connectivity index (χ2n) is 8.00. The Morgan fingerprint density at radius 1 is 1.23 bits per heavy atom. The van der Waals surface area contributed by atoms with Crippen molar-refractivity contribution in [3.8, 4) is 5.75 Å². The van der Waals surface area contributed by atoms with E-state index in [0.717, 1.165) is 17.5 Å². The first-order chi connectivity index (χ1) is 15.0. The van der Waals surface area contributed by atoms with Crippen LogP contribution in [0.25, 0.3) is 0 Å². The summed E-state index contributed by atoms with van der Waals surface area (Å²) in [6.45, 7) is 1.47. The molecule has 3 aromatic rings. The number of aromatic nitrogens is 2. The Hall–Kier alpha value is -3.19. The second kappa shape index (κ2) is 9.31. The Kier molecular flexibility index (Phi) is 6.32. The standard InChI is InChI=1S/C24H26FN3O3/c1-27-14-17(13-26-27)12-22(29)16-31-23-8-4-19(5-9-23)24(30)28-11-10-20(15-28)18-2-6-21(25)7-3-18/h2-9,13-14,20,22,29H,10-12,15-16H2,1H3. The van der Waals surface area contributed by atoms with Crippen molar-refractivity contribution in [1.82, 2.24) is 14.7 Å². The molecule has 2 atom stereocenters. The minimum absolute atomic E-state index is 0.0206. The highest BCUT2D eigenvalue weighted by Crippen LogP contribution is 2.28. The van der Waals surface area contributed by atoms with E-state index in [9.17, 15) is 14.3 Å². The zero-order valence-electron chi connectivity index (χ0n) is 17.4. The number of aliphatic hydroxyl groups is 1. The van der Waals surface area contributed by atoms with Gasteiger partial charge in [-0.25, -0.2) is 4.39 Å². The van der Waals surface area contributed by atoms with E-state index in [1.54, 1.807) is 47.3 Å². The van der Waals surface area contributed by atoms with Crippen molar-refractivity contribution in [1.29, 1.82) is 0 Å². The minimum atomic E-state index is -0.640. The fourth-order valence-electron chi connectivity index (χ4n) is 3.93. The monoisotopic (exact) mass is 423 g/mol. The van der Waals surface area contributed by atoms with Gasteiger partial charge in [0.25, 0.3) is 5.91 Å². The van der Waals surface area contributed by atoms with E-state index in [1.165, 1.54) is 12.1 Å². The Labute approximate surface area is 180 Å². The number of ether oxygens (including phenoxy) is 1. The summed E-state index contributed by atoms with van der Waals surface area (Å²) in [7, 11) is 1.83. The molecule has 1 N–H and O–H groups in total.